The molecule has 0 fully saturated rings. The maximum Gasteiger partial charge on any atom is 0.449 e. The highest BCUT2D eigenvalue weighted by Crippen LogP contribution is 2.33. The molecule has 1 N–H and O–H groups in total. The quantitative estimate of drug-likeness (QED) is 0.483. The molecule has 4 aromatic rings. The summed E-state index contributed by atoms with van der Waals surface area (Å²) in [6.07, 6.45) is -5.69. The van der Waals surface area contributed by atoms with E-state index in [1.54, 1.807) is 24.3 Å². The number of nitrogens with zero attached hydrogens (tertiary/aromatic N) is 3. The first kappa shape index (κ1) is 19.8. The Hall–Kier alpha value is -2.51. The largest absolute Gasteiger partial charge is 0.449 e. The summed E-state index contributed by atoms with van der Waals surface area (Å²) in [5.74, 6) is -1.01. The molecule has 4 nitrogen and oxygen atoms in total. The minimum atomic E-state index is -4.62. The summed E-state index contributed by atoms with van der Waals surface area (Å²) in [4.78, 5) is 3.73. The van der Waals surface area contributed by atoms with Gasteiger partial charge >= 0.3 is 6.18 Å². The number of hydrogen-bond donors (Lipinski definition) is 1. The summed E-state index contributed by atoms with van der Waals surface area (Å²) in [5.41, 5.74) is 3.29. The van der Waals surface area contributed by atoms with Gasteiger partial charge in [0.2, 0.25) is 5.82 Å². The fourth-order valence-electron chi connectivity index (χ4n) is 3.84. The van der Waals surface area contributed by atoms with Gasteiger partial charge in [-0.25, -0.2) is 4.98 Å². The second-order valence-corrected chi connectivity index (χ2v) is 7.55. The van der Waals surface area contributed by atoms with E-state index in [4.69, 9.17) is 11.6 Å². The van der Waals surface area contributed by atoms with E-state index in [0.717, 1.165) is 26.7 Å². The zero-order chi connectivity index (χ0) is 20.9. The minimum absolute atomic E-state index is 0.115. The van der Waals surface area contributed by atoms with Crippen molar-refractivity contribution >= 4 is 33.5 Å². The van der Waals surface area contributed by atoms with Crippen molar-refractivity contribution in [2.24, 2.45) is 0 Å². The van der Waals surface area contributed by atoms with Gasteiger partial charge in [-0.15, -0.1) is 0 Å². The van der Waals surface area contributed by atoms with E-state index in [1.165, 1.54) is 6.07 Å². The van der Waals surface area contributed by atoms with Crippen LogP contribution >= 0.6 is 11.6 Å². The normalized spacial score (nSPS) is 13.5. The van der Waals surface area contributed by atoms with Crippen LogP contribution in [0.25, 0.3) is 21.9 Å². The number of imidazole rings is 1. The smallest absolute Gasteiger partial charge is 0.389 e. The summed E-state index contributed by atoms with van der Waals surface area (Å²) in [6, 6.07) is 11.9. The molecule has 29 heavy (non-hydrogen) atoms. The van der Waals surface area contributed by atoms with Crippen LogP contribution in [-0.4, -0.2) is 25.3 Å². The van der Waals surface area contributed by atoms with Gasteiger partial charge < -0.3 is 14.2 Å². The van der Waals surface area contributed by atoms with Gasteiger partial charge in [-0.2, -0.15) is 13.2 Å². The maximum absolute atomic E-state index is 13.5. The number of hydrogen-bond acceptors (Lipinski definition) is 2. The topological polar surface area (TPSA) is 43.0 Å². The fourth-order valence-corrected chi connectivity index (χ4v) is 4.12. The van der Waals surface area contributed by atoms with E-state index in [0.29, 0.717) is 10.5 Å². The van der Waals surface area contributed by atoms with E-state index < -0.39 is 18.1 Å². The predicted molar refractivity (Wildman–Crippen MR) is 107 cm³/mol. The van der Waals surface area contributed by atoms with Gasteiger partial charge in [0.15, 0.2) is 0 Å². The SMILES string of the molecule is Cc1c(C)n(C[C@H](O)Cn2c(C(F)(F)F)nc3ccccc32)c2c(Cl)cccc12. The molecular formula is C21H19ClF3N3O. The number of benzene rings is 2. The Morgan fingerprint density at radius 3 is 2.45 bits per heavy atom. The summed E-state index contributed by atoms with van der Waals surface area (Å²) in [6.45, 7) is 3.75. The van der Waals surface area contributed by atoms with Gasteiger partial charge in [-0.3, -0.25) is 0 Å². The van der Waals surface area contributed by atoms with Crippen molar-refractivity contribution in [2.75, 3.05) is 0 Å². The Morgan fingerprint density at radius 2 is 1.72 bits per heavy atom. The van der Waals surface area contributed by atoms with Crippen LogP contribution < -0.4 is 0 Å². The van der Waals surface area contributed by atoms with Gasteiger partial charge in [0.1, 0.15) is 0 Å². The average molecular weight is 422 g/mol. The molecule has 2 aromatic heterocycles. The van der Waals surface area contributed by atoms with E-state index in [-0.39, 0.29) is 18.6 Å². The van der Waals surface area contributed by atoms with Crippen molar-refractivity contribution in [3.05, 3.63) is 64.6 Å². The van der Waals surface area contributed by atoms with Crippen LogP contribution in [0.4, 0.5) is 13.2 Å². The molecule has 8 heteroatoms. The van der Waals surface area contributed by atoms with Crippen LogP contribution in [0.2, 0.25) is 5.02 Å². The number of alkyl halides is 3. The monoisotopic (exact) mass is 421 g/mol. The Morgan fingerprint density at radius 1 is 1.03 bits per heavy atom. The van der Waals surface area contributed by atoms with Gasteiger partial charge in [0.25, 0.3) is 0 Å². The molecule has 0 saturated heterocycles. The third-order valence-corrected chi connectivity index (χ3v) is 5.61. The van der Waals surface area contributed by atoms with E-state index in [2.05, 4.69) is 4.98 Å². The van der Waals surface area contributed by atoms with Gasteiger partial charge in [0.05, 0.1) is 40.8 Å². The molecular weight excluding hydrogens is 403 g/mol. The number of aliphatic hydroxyl groups is 1. The third kappa shape index (κ3) is 3.38. The van der Waals surface area contributed by atoms with Crippen molar-refractivity contribution in [1.82, 2.24) is 14.1 Å². The van der Waals surface area contributed by atoms with Crippen LogP contribution in [0.3, 0.4) is 0 Å². The molecule has 0 saturated carbocycles. The Kier molecular flexibility index (Phi) is 4.83. The number of para-hydroxylation sites is 3. The lowest BCUT2D eigenvalue weighted by Crippen LogP contribution is -2.26. The number of aliphatic hydroxyl groups excluding tert-OH is 1. The van der Waals surface area contributed by atoms with Crippen LogP contribution in [0.1, 0.15) is 17.1 Å². The molecule has 0 unspecified atom stereocenters. The fraction of sp³-hybridized carbons (Fsp3) is 0.286. The molecule has 1 atom stereocenters. The first-order chi connectivity index (χ1) is 13.7. The molecule has 0 bridgehead atoms. The van der Waals surface area contributed by atoms with Crippen molar-refractivity contribution in [3.8, 4) is 0 Å². The van der Waals surface area contributed by atoms with Crippen LogP contribution in [0.15, 0.2) is 42.5 Å². The summed E-state index contributed by atoms with van der Waals surface area (Å²) < 4.78 is 43.4. The molecule has 2 heterocycles. The second kappa shape index (κ2) is 7.07. The van der Waals surface area contributed by atoms with E-state index in [9.17, 15) is 18.3 Å². The summed E-state index contributed by atoms with van der Waals surface area (Å²) in [5, 5.41) is 12.2. The Bertz CT molecular complexity index is 1210. The highest BCUT2D eigenvalue weighted by atomic mass is 35.5. The third-order valence-electron chi connectivity index (χ3n) is 5.30. The number of rotatable bonds is 4. The molecule has 0 radical (unpaired) electrons. The van der Waals surface area contributed by atoms with Crippen LogP contribution in [-0.2, 0) is 19.3 Å². The first-order valence-electron chi connectivity index (χ1n) is 9.13. The summed E-state index contributed by atoms with van der Waals surface area (Å²) in [7, 11) is 0. The summed E-state index contributed by atoms with van der Waals surface area (Å²) >= 11 is 6.37. The zero-order valence-electron chi connectivity index (χ0n) is 15.8. The predicted octanol–water partition coefficient (Wildman–Crippen LogP) is 5.34. The number of aromatic nitrogens is 3. The van der Waals surface area contributed by atoms with E-state index >= 15 is 0 Å². The van der Waals surface area contributed by atoms with Crippen LogP contribution in [0.5, 0.6) is 0 Å². The molecule has 2 aromatic carbocycles. The lowest BCUT2D eigenvalue weighted by molar-refractivity contribution is -0.147. The number of halogens is 4. The minimum Gasteiger partial charge on any atom is -0.389 e. The first-order valence-corrected chi connectivity index (χ1v) is 9.50. The van der Waals surface area contributed by atoms with Gasteiger partial charge in [-0.1, -0.05) is 35.9 Å². The number of fused-ring (bicyclic) bond motifs is 2. The van der Waals surface area contributed by atoms with Crippen molar-refractivity contribution in [2.45, 2.75) is 39.2 Å². The lowest BCUT2D eigenvalue weighted by atomic mass is 10.2. The molecule has 0 aliphatic carbocycles. The zero-order valence-corrected chi connectivity index (χ0v) is 16.6. The van der Waals surface area contributed by atoms with Gasteiger partial charge in [0, 0.05) is 11.1 Å². The standard InChI is InChI=1S/C21H19ClF3N3O/c1-12-13(2)27(19-15(12)6-5-7-16(19)22)10-14(29)11-28-18-9-4-3-8-17(18)26-20(28)21(23,24)25/h3-9,14,29H,10-11H2,1-2H3/t14-/m0/s1. The lowest BCUT2D eigenvalue weighted by Gasteiger charge is -2.18. The molecule has 0 aliphatic rings. The average Bonchev–Trinajstić information content (AvgIpc) is 3.14. The van der Waals surface area contributed by atoms with Crippen molar-refractivity contribution in [3.63, 3.8) is 0 Å². The Balaban J connectivity index is 1.73. The molecule has 4 rings (SSSR count). The number of aryl methyl sites for hydroxylation is 1. The van der Waals surface area contributed by atoms with Crippen molar-refractivity contribution < 1.29 is 18.3 Å². The highest BCUT2D eigenvalue weighted by molar-refractivity contribution is 6.35. The molecule has 0 amide bonds. The van der Waals surface area contributed by atoms with Crippen molar-refractivity contribution in [1.29, 1.82) is 0 Å². The van der Waals surface area contributed by atoms with Crippen LogP contribution in [0, 0.1) is 13.8 Å². The maximum atomic E-state index is 13.5. The second-order valence-electron chi connectivity index (χ2n) is 7.14. The molecule has 152 valence electrons. The van der Waals surface area contributed by atoms with E-state index in [1.807, 2.05) is 30.5 Å². The van der Waals surface area contributed by atoms with Gasteiger partial charge in [-0.05, 0) is 37.6 Å². The molecule has 0 aliphatic heterocycles. The highest BCUT2D eigenvalue weighted by Gasteiger charge is 2.38. The Labute approximate surface area is 170 Å². The molecule has 0 spiro atoms.